The van der Waals surface area contributed by atoms with Gasteiger partial charge in [0.1, 0.15) is 19.0 Å². The zero-order valence-electron chi connectivity index (χ0n) is 14.8. The highest BCUT2D eigenvalue weighted by molar-refractivity contribution is 6.06. The molecule has 0 atom stereocenters. The van der Waals surface area contributed by atoms with Crippen molar-refractivity contribution in [3.05, 3.63) is 71.9 Å². The molecule has 0 spiro atoms. The van der Waals surface area contributed by atoms with Crippen LogP contribution in [0, 0.1) is 0 Å². The summed E-state index contributed by atoms with van der Waals surface area (Å²) < 4.78 is 16.1. The van der Waals surface area contributed by atoms with Crippen molar-refractivity contribution in [1.82, 2.24) is 10.3 Å². The summed E-state index contributed by atoms with van der Waals surface area (Å²) in [6, 6.07) is 10.1. The van der Waals surface area contributed by atoms with Gasteiger partial charge >= 0.3 is 0 Å². The summed E-state index contributed by atoms with van der Waals surface area (Å²) in [4.78, 5) is 28.8. The Kier molecular flexibility index (Phi) is 4.92. The molecule has 0 aliphatic carbocycles. The third kappa shape index (κ3) is 3.96. The zero-order valence-corrected chi connectivity index (χ0v) is 14.8. The molecule has 0 unspecified atom stereocenters. The second-order valence-electron chi connectivity index (χ2n) is 6.04. The molecule has 1 aliphatic rings. The van der Waals surface area contributed by atoms with E-state index in [1.165, 1.54) is 24.7 Å². The van der Waals surface area contributed by atoms with Crippen LogP contribution in [0.3, 0.4) is 0 Å². The fraction of sp³-hybridized carbons (Fsp3) is 0.150. The van der Waals surface area contributed by atoms with Crippen LogP contribution in [0.2, 0.25) is 0 Å². The smallest absolute Gasteiger partial charge is 0.257 e. The van der Waals surface area contributed by atoms with Crippen molar-refractivity contribution in [3.8, 4) is 11.5 Å². The lowest BCUT2D eigenvalue weighted by atomic mass is 10.1. The lowest BCUT2D eigenvalue weighted by molar-refractivity contribution is 0.0947. The van der Waals surface area contributed by atoms with Crippen LogP contribution in [-0.4, -0.2) is 30.0 Å². The topological polar surface area (TPSA) is 103 Å². The van der Waals surface area contributed by atoms with Crippen molar-refractivity contribution in [2.24, 2.45) is 0 Å². The van der Waals surface area contributed by atoms with Gasteiger partial charge in [-0.2, -0.15) is 0 Å². The maximum Gasteiger partial charge on any atom is 0.257 e. The lowest BCUT2D eigenvalue weighted by Crippen LogP contribution is -2.23. The van der Waals surface area contributed by atoms with Crippen LogP contribution in [0.15, 0.2) is 59.5 Å². The molecule has 2 N–H and O–H groups in total. The summed E-state index contributed by atoms with van der Waals surface area (Å²) in [6.07, 6.45) is 4.33. The molecule has 8 heteroatoms. The van der Waals surface area contributed by atoms with E-state index in [-0.39, 0.29) is 29.5 Å². The standard InChI is InChI=1S/C20H17N3O5/c24-19(22-12-16-2-1-5-26-16)13-8-14(11-21-10-13)20(25)23-15-3-4-17-18(9-15)28-7-6-27-17/h1-5,8-11H,6-7,12H2,(H,22,24)(H,23,25). The number of anilines is 1. The van der Waals surface area contributed by atoms with E-state index in [4.69, 9.17) is 13.9 Å². The van der Waals surface area contributed by atoms with Gasteiger partial charge in [-0.15, -0.1) is 0 Å². The van der Waals surface area contributed by atoms with Crippen LogP contribution >= 0.6 is 0 Å². The summed E-state index contributed by atoms with van der Waals surface area (Å²) in [6.45, 7) is 1.21. The van der Waals surface area contributed by atoms with Gasteiger partial charge < -0.3 is 24.5 Å². The van der Waals surface area contributed by atoms with E-state index in [1.807, 2.05) is 0 Å². The molecule has 3 heterocycles. The van der Waals surface area contributed by atoms with Gasteiger partial charge in [-0.1, -0.05) is 0 Å². The Morgan fingerprint density at radius 3 is 2.54 bits per heavy atom. The predicted molar refractivity (Wildman–Crippen MR) is 99.5 cm³/mol. The first-order valence-electron chi connectivity index (χ1n) is 8.66. The van der Waals surface area contributed by atoms with Crippen molar-refractivity contribution < 1.29 is 23.5 Å². The molecule has 1 aliphatic heterocycles. The maximum atomic E-state index is 12.5. The van der Waals surface area contributed by atoms with Crippen LogP contribution in [0.5, 0.6) is 11.5 Å². The normalized spacial score (nSPS) is 12.3. The molecule has 142 valence electrons. The van der Waals surface area contributed by atoms with Crippen molar-refractivity contribution in [1.29, 1.82) is 0 Å². The van der Waals surface area contributed by atoms with Gasteiger partial charge in [0.25, 0.3) is 11.8 Å². The number of rotatable bonds is 5. The molecule has 2 amide bonds. The third-order valence-electron chi connectivity index (χ3n) is 4.07. The van der Waals surface area contributed by atoms with Crippen LogP contribution < -0.4 is 20.1 Å². The van der Waals surface area contributed by atoms with E-state index in [9.17, 15) is 9.59 Å². The van der Waals surface area contributed by atoms with Gasteiger partial charge in [-0.3, -0.25) is 14.6 Å². The Balaban J connectivity index is 1.43. The van der Waals surface area contributed by atoms with Gasteiger partial charge in [0.15, 0.2) is 11.5 Å². The van der Waals surface area contributed by atoms with Gasteiger partial charge in [-0.05, 0) is 30.3 Å². The van der Waals surface area contributed by atoms with E-state index in [0.717, 1.165) is 0 Å². The summed E-state index contributed by atoms with van der Waals surface area (Å²) in [5, 5.41) is 5.48. The molecule has 8 nitrogen and oxygen atoms in total. The number of amides is 2. The first kappa shape index (κ1) is 17.6. The number of benzene rings is 1. The Morgan fingerprint density at radius 1 is 0.964 bits per heavy atom. The summed E-state index contributed by atoms with van der Waals surface area (Å²) in [7, 11) is 0. The number of fused-ring (bicyclic) bond motifs is 1. The highest BCUT2D eigenvalue weighted by Gasteiger charge is 2.15. The highest BCUT2D eigenvalue weighted by atomic mass is 16.6. The van der Waals surface area contributed by atoms with Gasteiger partial charge in [-0.25, -0.2) is 0 Å². The van der Waals surface area contributed by atoms with Gasteiger partial charge in [0.2, 0.25) is 0 Å². The van der Waals surface area contributed by atoms with Crippen LogP contribution in [0.25, 0.3) is 0 Å². The number of hydrogen-bond donors (Lipinski definition) is 2. The fourth-order valence-corrected chi connectivity index (χ4v) is 2.70. The molecule has 2 aromatic heterocycles. The maximum absolute atomic E-state index is 12.5. The summed E-state index contributed by atoms with van der Waals surface area (Å²) in [5.41, 5.74) is 1.10. The van der Waals surface area contributed by atoms with Gasteiger partial charge in [0, 0.05) is 24.1 Å². The first-order valence-corrected chi connectivity index (χ1v) is 8.66. The first-order chi connectivity index (χ1) is 13.7. The number of carbonyl (C=O) groups is 2. The minimum atomic E-state index is -0.384. The van der Waals surface area contributed by atoms with E-state index in [2.05, 4.69) is 15.6 Å². The largest absolute Gasteiger partial charge is 0.486 e. The molecular formula is C20H17N3O5. The molecule has 0 saturated heterocycles. The molecular weight excluding hydrogens is 362 g/mol. The molecule has 0 bridgehead atoms. The van der Waals surface area contributed by atoms with Crippen molar-refractivity contribution in [3.63, 3.8) is 0 Å². The Labute approximate surface area is 160 Å². The van der Waals surface area contributed by atoms with E-state index >= 15 is 0 Å². The van der Waals surface area contributed by atoms with Gasteiger partial charge in [0.05, 0.1) is 23.9 Å². The second-order valence-corrected chi connectivity index (χ2v) is 6.04. The zero-order chi connectivity index (χ0) is 19.3. The van der Waals surface area contributed by atoms with E-state index in [1.54, 1.807) is 30.3 Å². The average Bonchev–Trinajstić information content (AvgIpc) is 3.25. The van der Waals surface area contributed by atoms with Crippen LogP contribution in [0.4, 0.5) is 5.69 Å². The van der Waals surface area contributed by atoms with Crippen molar-refractivity contribution in [2.45, 2.75) is 6.54 Å². The molecule has 28 heavy (non-hydrogen) atoms. The Morgan fingerprint density at radius 2 is 1.75 bits per heavy atom. The predicted octanol–water partition coefficient (Wildman–Crippen LogP) is 2.63. The van der Waals surface area contributed by atoms with E-state index < -0.39 is 0 Å². The molecule has 0 fully saturated rings. The number of nitrogens with one attached hydrogen (secondary N) is 2. The third-order valence-corrected chi connectivity index (χ3v) is 4.07. The quantitative estimate of drug-likeness (QED) is 0.706. The number of carbonyl (C=O) groups excluding carboxylic acids is 2. The van der Waals surface area contributed by atoms with Crippen molar-refractivity contribution >= 4 is 17.5 Å². The van der Waals surface area contributed by atoms with Crippen LogP contribution in [-0.2, 0) is 6.54 Å². The Hall–Kier alpha value is -3.81. The number of furan rings is 1. The number of aromatic nitrogens is 1. The number of nitrogens with zero attached hydrogens (tertiary/aromatic N) is 1. The van der Waals surface area contributed by atoms with Crippen LogP contribution in [0.1, 0.15) is 26.5 Å². The Bertz CT molecular complexity index is 1000. The van der Waals surface area contributed by atoms with E-state index in [0.29, 0.717) is 36.2 Å². The SMILES string of the molecule is O=C(NCc1ccco1)c1cncc(C(=O)Nc2ccc3c(c2)OCCO3)c1. The lowest BCUT2D eigenvalue weighted by Gasteiger charge is -2.19. The number of hydrogen-bond acceptors (Lipinski definition) is 6. The molecule has 3 aromatic rings. The minimum absolute atomic E-state index is 0.249. The summed E-state index contributed by atoms with van der Waals surface area (Å²) in [5.74, 6) is 1.12. The average molecular weight is 379 g/mol. The molecule has 4 rings (SSSR count). The molecule has 0 radical (unpaired) electrons. The fourth-order valence-electron chi connectivity index (χ4n) is 2.70. The molecule has 0 saturated carbocycles. The summed E-state index contributed by atoms with van der Waals surface area (Å²) >= 11 is 0. The second kappa shape index (κ2) is 7.83. The highest BCUT2D eigenvalue weighted by Crippen LogP contribution is 2.32. The van der Waals surface area contributed by atoms with Crippen molar-refractivity contribution in [2.75, 3.05) is 18.5 Å². The number of pyridine rings is 1. The molecule has 1 aromatic carbocycles. The minimum Gasteiger partial charge on any atom is -0.486 e. The monoisotopic (exact) mass is 379 g/mol. The number of ether oxygens (including phenoxy) is 2.